The molecule has 0 N–H and O–H groups in total. The van der Waals surface area contributed by atoms with Crippen molar-refractivity contribution in [2.75, 3.05) is 43.2 Å². The minimum absolute atomic E-state index is 0.305. The summed E-state index contributed by atoms with van der Waals surface area (Å²) >= 11 is 0. The summed E-state index contributed by atoms with van der Waals surface area (Å²) in [5, 5.41) is 0. The SMILES string of the molecule is C#CN(C)c1ccc(N2CCC3(CC2)OCCO3)cc1. The molecule has 0 radical (unpaired) electrons. The van der Waals surface area contributed by atoms with Crippen LogP contribution in [-0.4, -0.2) is 39.1 Å². The van der Waals surface area contributed by atoms with Gasteiger partial charge < -0.3 is 19.3 Å². The maximum atomic E-state index is 5.75. The number of piperidine rings is 1. The Labute approximate surface area is 120 Å². The molecule has 4 heteroatoms. The number of nitrogens with zero attached hydrogens (tertiary/aromatic N) is 2. The van der Waals surface area contributed by atoms with Crippen molar-refractivity contribution in [3.8, 4) is 12.5 Å². The van der Waals surface area contributed by atoms with Crippen molar-refractivity contribution in [2.45, 2.75) is 18.6 Å². The van der Waals surface area contributed by atoms with Gasteiger partial charge in [0.25, 0.3) is 0 Å². The molecule has 2 fully saturated rings. The van der Waals surface area contributed by atoms with Crippen molar-refractivity contribution in [3.63, 3.8) is 0 Å². The van der Waals surface area contributed by atoms with Crippen LogP contribution < -0.4 is 9.80 Å². The van der Waals surface area contributed by atoms with Gasteiger partial charge in [-0.15, -0.1) is 0 Å². The van der Waals surface area contributed by atoms with E-state index >= 15 is 0 Å². The van der Waals surface area contributed by atoms with Gasteiger partial charge in [-0.1, -0.05) is 6.42 Å². The van der Waals surface area contributed by atoms with E-state index in [0.717, 1.165) is 44.8 Å². The lowest BCUT2D eigenvalue weighted by Gasteiger charge is -2.38. The van der Waals surface area contributed by atoms with E-state index in [-0.39, 0.29) is 5.79 Å². The smallest absolute Gasteiger partial charge is 0.171 e. The Morgan fingerprint density at radius 1 is 1.15 bits per heavy atom. The molecule has 3 rings (SSSR count). The van der Waals surface area contributed by atoms with Crippen LogP contribution in [0.2, 0.25) is 0 Å². The van der Waals surface area contributed by atoms with Crippen molar-refractivity contribution in [1.82, 2.24) is 0 Å². The van der Waals surface area contributed by atoms with Crippen molar-refractivity contribution >= 4 is 11.4 Å². The molecule has 2 saturated heterocycles. The first-order chi connectivity index (χ1) is 9.72. The average Bonchev–Trinajstić information content (AvgIpc) is 2.96. The molecule has 106 valence electrons. The largest absolute Gasteiger partial charge is 0.371 e. The molecular weight excluding hydrogens is 252 g/mol. The molecule has 1 aromatic carbocycles. The van der Waals surface area contributed by atoms with E-state index < -0.39 is 0 Å². The lowest BCUT2D eigenvalue weighted by Crippen LogP contribution is -2.45. The van der Waals surface area contributed by atoms with E-state index in [1.807, 2.05) is 7.05 Å². The molecule has 0 aliphatic carbocycles. The van der Waals surface area contributed by atoms with Crippen LogP contribution in [0.1, 0.15) is 12.8 Å². The van der Waals surface area contributed by atoms with Crippen LogP contribution in [0.4, 0.5) is 11.4 Å². The first-order valence-electron chi connectivity index (χ1n) is 7.05. The van der Waals surface area contributed by atoms with E-state index in [1.165, 1.54) is 5.69 Å². The van der Waals surface area contributed by atoms with Gasteiger partial charge in [-0.3, -0.25) is 0 Å². The Hall–Kier alpha value is -1.70. The maximum absolute atomic E-state index is 5.75. The molecule has 1 spiro atoms. The monoisotopic (exact) mass is 272 g/mol. The molecule has 2 aliphatic heterocycles. The minimum Gasteiger partial charge on any atom is -0.371 e. The van der Waals surface area contributed by atoms with Gasteiger partial charge in [0.2, 0.25) is 0 Å². The number of hydrogen-bond donors (Lipinski definition) is 0. The quantitative estimate of drug-likeness (QED) is 0.608. The highest BCUT2D eigenvalue weighted by molar-refractivity contribution is 5.58. The van der Waals surface area contributed by atoms with Gasteiger partial charge in [0.05, 0.1) is 13.2 Å². The van der Waals surface area contributed by atoms with Crippen molar-refractivity contribution in [2.24, 2.45) is 0 Å². The highest BCUT2D eigenvalue weighted by Gasteiger charge is 2.39. The molecule has 0 atom stereocenters. The summed E-state index contributed by atoms with van der Waals surface area (Å²) in [5.41, 5.74) is 2.26. The summed E-state index contributed by atoms with van der Waals surface area (Å²) in [4.78, 5) is 4.14. The summed E-state index contributed by atoms with van der Waals surface area (Å²) in [6.07, 6.45) is 7.25. The normalized spacial score (nSPS) is 20.9. The van der Waals surface area contributed by atoms with Crippen LogP contribution >= 0.6 is 0 Å². The topological polar surface area (TPSA) is 24.9 Å². The van der Waals surface area contributed by atoms with Crippen molar-refractivity contribution in [1.29, 1.82) is 0 Å². The number of anilines is 2. The minimum atomic E-state index is -0.305. The predicted octanol–water partition coefficient (Wildman–Crippen LogP) is 2.06. The maximum Gasteiger partial charge on any atom is 0.171 e. The zero-order valence-corrected chi connectivity index (χ0v) is 11.8. The second-order valence-corrected chi connectivity index (χ2v) is 5.30. The fraction of sp³-hybridized carbons (Fsp3) is 0.500. The molecule has 20 heavy (non-hydrogen) atoms. The third kappa shape index (κ3) is 2.47. The Morgan fingerprint density at radius 2 is 1.75 bits per heavy atom. The second kappa shape index (κ2) is 5.35. The Morgan fingerprint density at radius 3 is 2.30 bits per heavy atom. The van der Waals surface area contributed by atoms with E-state index in [9.17, 15) is 0 Å². The molecule has 1 aromatic rings. The van der Waals surface area contributed by atoms with Gasteiger partial charge in [-0.2, -0.15) is 0 Å². The summed E-state index contributed by atoms with van der Waals surface area (Å²) in [6, 6.07) is 11.0. The van der Waals surface area contributed by atoms with E-state index in [2.05, 4.69) is 35.2 Å². The second-order valence-electron chi connectivity index (χ2n) is 5.30. The van der Waals surface area contributed by atoms with Gasteiger partial charge in [0.15, 0.2) is 5.79 Å². The molecular formula is C16H20N2O2. The Balaban J connectivity index is 1.65. The first kappa shape index (κ1) is 13.3. The summed E-state index contributed by atoms with van der Waals surface area (Å²) < 4.78 is 11.5. The Kier molecular flexibility index (Phi) is 3.56. The lowest BCUT2D eigenvalue weighted by atomic mass is 10.0. The molecule has 0 saturated carbocycles. The van der Waals surface area contributed by atoms with Crippen molar-refractivity contribution in [3.05, 3.63) is 24.3 Å². The third-order valence-electron chi connectivity index (χ3n) is 4.13. The number of rotatable bonds is 2. The zero-order chi connectivity index (χ0) is 14.0. The zero-order valence-electron chi connectivity index (χ0n) is 11.8. The average molecular weight is 272 g/mol. The van der Waals surface area contributed by atoms with E-state index in [4.69, 9.17) is 15.9 Å². The van der Waals surface area contributed by atoms with Gasteiger partial charge >= 0.3 is 0 Å². The van der Waals surface area contributed by atoms with Gasteiger partial charge in [-0.25, -0.2) is 0 Å². The fourth-order valence-corrected chi connectivity index (χ4v) is 2.85. The van der Waals surface area contributed by atoms with Crippen LogP contribution in [0.25, 0.3) is 0 Å². The van der Waals surface area contributed by atoms with Crippen LogP contribution in [0.5, 0.6) is 0 Å². The predicted molar refractivity (Wildman–Crippen MR) is 79.8 cm³/mol. The molecule has 2 heterocycles. The number of hydrogen-bond acceptors (Lipinski definition) is 4. The molecule has 4 nitrogen and oxygen atoms in total. The highest BCUT2D eigenvalue weighted by atomic mass is 16.7. The number of terminal acetylenes is 1. The van der Waals surface area contributed by atoms with Crippen molar-refractivity contribution < 1.29 is 9.47 Å². The van der Waals surface area contributed by atoms with Gasteiger partial charge in [-0.05, 0) is 24.3 Å². The Bertz CT molecular complexity index is 490. The molecule has 2 aliphatic rings. The lowest BCUT2D eigenvalue weighted by molar-refractivity contribution is -0.169. The standard InChI is InChI=1S/C16H20N2O2/c1-3-17(2)14-4-6-15(7-5-14)18-10-8-16(9-11-18)19-12-13-20-16/h1,4-7H,8-13H2,2H3. The first-order valence-corrected chi connectivity index (χ1v) is 7.05. The molecule has 0 bridgehead atoms. The fourth-order valence-electron chi connectivity index (χ4n) is 2.85. The number of ether oxygens (including phenoxy) is 2. The van der Waals surface area contributed by atoms with Gasteiger partial charge in [0.1, 0.15) is 0 Å². The summed E-state index contributed by atoms with van der Waals surface area (Å²) in [5.74, 6) is -0.305. The van der Waals surface area contributed by atoms with Crippen LogP contribution in [0.15, 0.2) is 24.3 Å². The van der Waals surface area contributed by atoms with Gasteiger partial charge in [0, 0.05) is 50.4 Å². The number of benzene rings is 1. The van der Waals surface area contributed by atoms with Crippen LogP contribution in [-0.2, 0) is 9.47 Å². The molecule has 0 aromatic heterocycles. The van der Waals surface area contributed by atoms with Crippen LogP contribution in [0.3, 0.4) is 0 Å². The third-order valence-corrected chi connectivity index (χ3v) is 4.13. The van der Waals surface area contributed by atoms with E-state index in [0.29, 0.717) is 0 Å². The molecule has 0 unspecified atom stereocenters. The van der Waals surface area contributed by atoms with E-state index in [1.54, 1.807) is 4.90 Å². The summed E-state index contributed by atoms with van der Waals surface area (Å²) in [7, 11) is 1.88. The highest BCUT2D eigenvalue weighted by Crippen LogP contribution is 2.33. The molecule has 0 amide bonds. The van der Waals surface area contributed by atoms with Crippen LogP contribution in [0, 0.1) is 12.5 Å². The summed E-state index contributed by atoms with van der Waals surface area (Å²) in [6.45, 7) is 3.38.